The van der Waals surface area contributed by atoms with E-state index in [0.717, 1.165) is 5.56 Å². The Kier molecular flexibility index (Phi) is 2.82. The van der Waals surface area contributed by atoms with Crippen molar-refractivity contribution in [2.75, 3.05) is 0 Å². The van der Waals surface area contributed by atoms with Gasteiger partial charge in [-0.2, -0.15) is 0 Å². The molecule has 0 bridgehead atoms. The van der Waals surface area contributed by atoms with Crippen molar-refractivity contribution in [2.45, 2.75) is 12.5 Å². The molecule has 0 aliphatic carbocycles. The third-order valence-corrected chi connectivity index (χ3v) is 1.62. The summed E-state index contributed by atoms with van der Waals surface area (Å²) in [4.78, 5) is 10.4. The molecule has 3 nitrogen and oxygen atoms in total. The van der Waals surface area contributed by atoms with Crippen LogP contribution in [0, 0.1) is 0 Å². The van der Waals surface area contributed by atoms with E-state index in [1.807, 2.05) is 30.3 Å². The van der Waals surface area contributed by atoms with E-state index >= 15 is 0 Å². The van der Waals surface area contributed by atoms with Crippen LogP contribution in [0.4, 0.5) is 0 Å². The number of carboxylic acids is 1. The molecule has 0 spiro atoms. The van der Waals surface area contributed by atoms with Gasteiger partial charge in [0.25, 0.3) is 0 Å². The molecule has 0 radical (unpaired) electrons. The average molecular weight is 174 g/mol. The molecule has 0 aromatic heterocycles. The second kappa shape index (κ2) is 3.88. The minimum Gasteiger partial charge on any atom is -0.480 e. The minimum absolute atomic E-state index is 0.385. The van der Waals surface area contributed by atoms with Gasteiger partial charge in [-0.15, -0.1) is 0 Å². The van der Waals surface area contributed by atoms with E-state index in [1.165, 1.54) is 0 Å². The summed E-state index contributed by atoms with van der Waals surface area (Å²) in [5, 5.41) is 8.52. The fraction of sp³-hybridized carbons (Fsp3) is 0.222. The highest BCUT2D eigenvalue weighted by Gasteiger charge is 2.10. The molecule has 0 fully saturated rings. The van der Waals surface area contributed by atoms with Gasteiger partial charge in [0.05, 0.1) is 0 Å². The van der Waals surface area contributed by atoms with Gasteiger partial charge in [0.1, 0.15) is 6.04 Å². The van der Waals surface area contributed by atoms with Gasteiger partial charge in [0, 0.05) is 0 Å². The molecule has 1 aromatic rings. The van der Waals surface area contributed by atoms with Gasteiger partial charge >= 0.3 is 5.97 Å². The van der Waals surface area contributed by atoms with E-state index < -0.39 is 12.0 Å². The second-order valence-electron chi connectivity index (χ2n) is 2.63. The van der Waals surface area contributed by atoms with Crippen LogP contribution >= 0.6 is 0 Å². The minimum atomic E-state index is -0.959. The van der Waals surface area contributed by atoms with Crippen LogP contribution in [0.5, 0.6) is 0 Å². The number of benzene rings is 1. The Bertz CT molecular complexity index is 258. The first kappa shape index (κ1) is 8.74. The fourth-order valence-electron chi connectivity index (χ4n) is 0.955. The lowest BCUT2D eigenvalue weighted by Crippen LogP contribution is -2.32. The standard InChI is InChI=1S/C9H11NO2/c10-8(9(11)12)6-7-4-2-1-3-5-7/h1-5,8H,6,10H2,(H,11,12)/i1+1,2+1,3+1,4+1,5+1,6+1,7+1,8+1,9+1. The Morgan fingerprint density at radius 3 is 2.50 bits per heavy atom. The van der Waals surface area contributed by atoms with Crippen LogP contribution in [0.1, 0.15) is 5.56 Å². The van der Waals surface area contributed by atoms with E-state index in [2.05, 4.69) is 0 Å². The maximum Gasteiger partial charge on any atom is 0.320 e. The van der Waals surface area contributed by atoms with Gasteiger partial charge in [-0.3, -0.25) is 4.79 Å². The molecule has 3 heteroatoms. The van der Waals surface area contributed by atoms with Crippen LogP contribution in [-0.4, -0.2) is 17.1 Å². The van der Waals surface area contributed by atoms with Crippen LogP contribution in [-0.2, 0) is 11.2 Å². The number of nitrogens with two attached hydrogens (primary N) is 1. The van der Waals surface area contributed by atoms with Crippen LogP contribution in [0.3, 0.4) is 0 Å². The smallest absolute Gasteiger partial charge is 0.320 e. The number of rotatable bonds is 3. The van der Waals surface area contributed by atoms with E-state index in [4.69, 9.17) is 10.8 Å². The van der Waals surface area contributed by atoms with Crippen molar-refractivity contribution in [1.82, 2.24) is 0 Å². The predicted molar refractivity (Wildman–Crippen MR) is 45.8 cm³/mol. The van der Waals surface area contributed by atoms with Crippen LogP contribution in [0.25, 0.3) is 0 Å². The molecule has 0 saturated heterocycles. The summed E-state index contributed by atoms with van der Waals surface area (Å²) in [6.07, 6.45) is 0.385. The third kappa shape index (κ3) is 2.36. The van der Waals surface area contributed by atoms with E-state index in [9.17, 15) is 4.79 Å². The Morgan fingerprint density at radius 2 is 2.00 bits per heavy atom. The lowest BCUT2D eigenvalue weighted by molar-refractivity contribution is -0.138. The number of aliphatic carboxylic acids is 1. The predicted octanol–water partition coefficient (Wildman–Crippen LogP) is 0.641. The summed E-state index contributed by atoms with van der Waals surface area (Å²) in [6.45, 7) is 0. The highest BCUT2D eigenvalue weighted by molar-refractivity contribution is 5.73. The first-order valence-corrected chi connectivity index (χ1v) is 3.72. The van der Waals surface area contributed by atoms with Crippen molar-refractivity contribution in [3.63, 3.8) is 0 Å². The van der Waals surface area contributed by atoms with Crippen LogP contribution < -0.4 is 5.73 Å². The summed E-state index contributed by atoms with van der Waals surface area (Å²) in [7, 11) is 0. The molecular formula is C9H11NO2. The van der Waals surface area contributed by atoms with Gasteiger partial charge in [0.15, 0.2) is 0 Å². The first-order chi connectivity index (χ1) is 5.70. The van der Waals surface area contributed by atoms with Crippen molar-refractivity contribution < 1.29 is 9.90 Å². The van der Waals surface area contributed by atoms with E-state index in [0.29, 0.717) is 6.42 Å². The normalized spacial score (nSPS) is 12.4. The summed E-state index contributed by atoms with van der Waals surface area (Å²) >= 11 is 0. The molecule has 12 heavy (non-hydrogen) atoms. The Labute approximate surface area is 70.8 Å². The number of hydrogen-bond acceptors (Lipinski definition) is 2. The molecule has 0 aliphatic heterocycles. The maximum absolute atomic E-state index is 10.4. The zero-order chi connectivity index (χ0) is 8.97. The lowest BCUT2D eigenvalue weighted by Gasteiger charge is -2.04. The van der Waals surface area contributed by atoms with E-state index in [1.54, 1.807) is 0 Å². The second-order valence-corrected chi connectivity index (χ2v) is 2.63. The molecule has 1 unspecified atom stereocenters. The SMILES string of the molecule is N[13CH]([13CH2][13c]1[13cH][13cH][13cH][13cH][13cH]1)[13C](=O)O. The van der Waals surface area contributed by atoms with Crippen molar-refractivity contribution in [2.24, 2.45) is 5.73 Å². The zero-order valence-electron chi connectivity index (χ0n) is 6.60. The van der Waals surface area contributed by atoms with Gasteiger partial charge in [-0.25, -0.2) is 0 Å². The highest BCUT2D eigenvalue weighted by Crippen LogP contribution is 2.01. The molecule has 1 aromatic carbocycles. The van der Waals surface area contributed by atoms with Crippen LogP contribution in [0.2, 0.25) is 0 Å². The van der Waals surface area contributed by atoms with Gasteiger partial charge in [-0.05, 0) is 12.0 Å². The maximum atomic E-state index is 10.4. The quantitative estimate of drug-likeness (QED) is 0.661. The fourth-order valence-corrected chi connectivity index (χ4v) is 0.955. The summed E-state index contributed by atoms with van der Waals surface area (Å²) in [5.41, 5.74) is 6.30. The molecule has 0 heterocycles. The van der Waals surface area contributed by atoms with Crippen molar-refractivity contribution in [1.29, 1.82) is 0 Å². The van der Waals surface area contributed by atoms with Gasteiger partial charge in [-0.1, -0.05) is 30.3 Å². The molecular weight excluding hydrogens is 163 g/mol. The monoisotopic (exact) mass is 174 g/mol. The molecule has 0 aliphatic rings. The zero-order valence-corrected chi connectivity index (χ0v) is 6.60. The van der Waals surface area contributed by atoms with Gasteiger partial charge < -0.3 is 10.8 Å². The number of carbonyl (C=O) groups is 1. The van der Waals surface area contributed by atoms with Crippen LogP contribution in [0.15, 0.2) is 30.3 Å². The largest absolute Gasteiger partial charge is 0.480 e. The molecule has 1 rings (SSSR count). The average Bonchev–Trinajstić information content (AvgIpc) is 2.06. The molecule has 64 valence electrons. The highest BCUT2D eigenvalue weighted by atomic mass is 16.5. The Balaban J connectivity index is 2.58. The van der Waals surface area contributed by atoms with Gasteiger partial charge in [0.2, 0.25) is 0 Å². The lowest BCUT2D eigenvalue weighted by atomic mass is 11.0. The Hall–Kier alpha value is -1.35. The van der Waals surface area contributed by atoms with Crippen molar-refractivity contribution in [3.8, 4) is 0 Å². The van der Waals surface area contributed by atoms with Crippen molar-refractivity contribution in [3.05, 3.63) is 35.9 Å². The third-order valence-electron chi connectivity index (χ3n) is 1.62. The van der Waals surface area contributed by atoms with E-state index in [-0.39, 0.29) is 0 Å². The van der Waals surface area contributed by atoms with Crippen molar-refractivity contribution >= 4 is 5.97 Å². The summed E-state index contributed by atoms with van der Waals surface area (Å²) in [5.74, 6) is -0.959. The Morgan fingerprint density at radius 1 is 1.42 bits per heavy atom. The molecule has 3 N–H and O–H groups in total. The molecule has 0 amide bonds. The summed E-state index contributed by atoms with van der Waals surface area (Å²) in [6, 6.07) is 8.54. The number of hydrogen-bond donors (Lipinski definition) is 2. The number of carboxylic acid groups (broad SMARTS) is 1. The topological polar surface area (TPSA) is 63.3 Å². The molecule has 1 atom stereocenters. The molecule has 0 saturated carbocycles. The summed E-state index contributed by atoms with van der Waals surface area (Å²) < 4.78 is 0. The first-order valence-electron chi connectivity index (χ1n) is 3.72.